The predicted octanol–water partition coefficient (Wildman–Crippen LogP) is 2.25. The number of nitrogens with zero attached hydrogens (tertiary/aromatic N) is 4. The quantitative estimate of drug-likeness (QED) is 0.437. The van der Waals surface area contributed by atoms with Crippen LogP contribution in [0.25, 0.3) is 10.9 Å². The van der Waals surface area contributed by atoms with Gasteiger partial charge in [-0.05, 0) is 19.1 Å². The summed E-state index contributed by atoms with van der Waals surface area (Å²) < 4.78 is 1.97. The van der Waals surface area contributed by atoms with Gasteiger partial charge in [0.25, 0.3) is 0 Å². The fourth-order valence-electron chi connectivity index (χ4n) is 2.05. The van der Waals surface area contributed by atoms with E-state index in [2.05, 4.69) is 26.7 Å². The summed E-state index contributed by atoms with van der Waals surface area (Å²) in [6.45, 7) is 1.93. The third kappa shape index (κ3) is 2.70. The van der Waals surface area contributed by atoms with E-state index in [-0.39, 0.29) is 0 Å². The van der Waals surface area contributed by atoms with Crippen molar-refractivity contribution in [1.29, 1.82) is 0 Å². The molecule has 0 atom stereocenters. The second kappa shape index (κ2) is 5.71. The maximum absolute atomic E-state index is 5.59. The number of nitrogens with one attached hydrogen (secondary N) is 1. The summed E-state index contributed by atoms with van der Waals surface area (Å²) in [7, 11) is 1.96. The number of benzene rings is 1. The number of aromatic nitrogens is 4. The fourth-order valence-corrected chi connectivity index (χ4v) is 2.98. The van der Waals surface area contributed by atoms with Gasteiger partial charge in [-0.2, -0.15) is 0 Å². The number of para-hydroxylation sites is 1. The van der Waals surface area contributed by atoms with Gasteiger partial charge in [-0.3, -0.25) is 0 Å². The first-order chi connectivity index (χ1) is 10.2. The number of pyridine rings is 1. The van der Waals surface area contributed by atoms with Crippen LogP contribution in [-0.4, -0.2) is 19.7 Å². The molecule has 108 valence electrons. The van der Waals surface area contributed by atoms with E-state index in [0.717, 1.165) is 33.2 Å². The molecule has 3 rings (SSSR count). The zero-order valence-electron chi connectivity index (χ0n) is 11.9. The van der Waals surface area contributed by atoms with E-state index in [1.165, 1.54) is 0 Å². The van der Waals surface area contributed by atoms with Gasteiger partial charge in [0.05, 0.1) is 5.52 Å². The maximum atomic E-state index is 5.59. The maximum Gasteiger partial charge on any atom is 0.191 e. The molecule has 2 heterocycles. The standard InChI is InChI=1S/C14H16N6S/c1-9-18-19-14(20(9)2)21-8-11-7-10-5-3-4-6-12(10)16-13(11)17-15/h3-7H,8,15H2,1-2H3,(H,16,17). The molecule has 7 heteroatoms. The summed E-state index contributed by atoms with van der Waals surface area (Å²) >= 11 is 1.61. The number of fused-ring (bicyclic) bond motifs is 1. The Balaban J connectivity index is 1.90. The second-order valence-corrected chi connectivity index (χ2v) is 5.65. The summed E-state index contributed by atoms with van der Waals surface area (Å²) in [4.78, 5) is 4.54. The van der Waals surface area contributed by atoms with Crippen LogP contribution in [0.15, 0.2) is 35.5 Å². The molecular weight excluding hydrogens is 284 g/mol. The van der Waals surface area contributed by atoms with Crippen LogP contribution in [0.2, 0.25) is 0 Å². The first-order valence-electron chi connectivity index (χ1n) is 6.53. The van der Waals surface area contributed by atoms with Crippen molar-refractivity contribution in [1.82, 2.24) is 19.7 Å². The van der Waals surface area contributed by atoms with E-state index in [9.17, 15) is 0 Å². The summed E-state index contributed by atoms with van der Waals surface area (Å²) in [6, 6.07) is 10.1. The molecule has 21 heavy (non-hydrogen) atoms. The van der Waals surface area contributed by atoms with Gasteiger partial charge in [0, 0.05) is 23.8 Å². The molecule has 2 aromatic heterocycles. The highest BCUT2D eigenvalue weighted by Gasteiger charge is 2.10. The number of hydrazine groups is 1. The van der Waals surface area contributed by atoms with Crippen LogP contribution in [-0.2, 0) is 12.8 Å². The molecule has 0 aliphatic carbocycles. The van der Waals surface area contributed by atoms with Crippen molar-refractivity contribution in [3.05, 3.63) is 41.7 Å². The van der Waals surface area contributed by atoms with Crippen LogP contribution in [0.4, 0.5) is 5.82 Å². The monoisotopic (exact) mass is 300 g/mol. The normalized spacial score (nSPS) is 11.0. The molecule has 3 aromatic rings. The molecule has 0 saturated carbocycles. The van der Waals surface area contributed by atoms with Crippen molar-refractivity contribution in [3.8, 4) is 0 Å². The lowest BCUT2D eigenvalue weighted by Crippen LogP contribution is -2.11. The molecule has 0 spiro atoms. The van der Waals surface area contributed by atoms with E-state index in [1.54, 1.807) is 11.8 Å². The fraction of sp³-hybridized carbons (Fsp3) is 0.214. The van der Waals surface area contributed by atoms with Crippen molar-refractivity contribution in [2.24, 2.45) is 12.9 Å². The van der Waals surface area contributed by atoms with Crippen molar-refractivity contribution < 1.29 is 0 Å². The minimum Gasteiger partial charge on any atom is -0.309 e. The molecule has 0 saturated heterocycles. The molecule has 0 aliphatic rings. The number of aryl methyl sites for hydroxylation is 1. The predicted molar refractivity (Wildman–Crippen MR) is 84.9 cm³/mol. The summed E-state index contributed by atoms with van der Waals surface area (Å²) in [5.41, 5.74) is 4.64. The molecule has 1 aromatic carbocycles. The average Bonchev–Trinajstić information content (AvgIpc) is 2.83. The Labute approximate surface area is 126 Å². The summed E-state index contributed by atoms with van der Waals surface area (Å²) in [5, 5.41) is 10.2. The highest BCUT2D eigenvalue weighted by atomic mass is 32.2. The van der Waals surface area contributed by atoms with Crippen LogP contribution in [0, 0.1) is 6.92 Å². The average molecular weight is 300 g/mol. The van der Waals surface area contributed by atoms with Crippen molar-refractivity contribution >= 4 is 28.5 Å². The number of thioether (sulfide) groups is 1. The summed E-state index contributed by atoms with van der Waals surface area (Å²) in [5.74, 6) is 7.90. The molecule has 0 bridgehead atoms. The number of rotatable bonds is 4. The lowest BCUT2D eigenvalue weighted by Gasteiger charge is -2.09. The smallest absolute Gasteiger partial charge is 0.191 e. The first kappa shape index (κ1) is 13.8. The van der Waals surface area contributed by atoms with Gasteiger partial charge >= 0.3 is 0 Å². The lowest BCUT2D eigenvalue weighted by molar-refractivity contribution is 0.765. The number of nitrogen functional groups attached to an aromatic ring is 1. The van der Waals surface area contributed by atoms with Crippen molar-refractivity contribution in [3.63, 3.8) is 0 Å². The van der Waals surface area contributed by atoms with Crippen LogP contribution in [0.5, 0.6) is 0 Å². The first-order valence-corrected chi connectivity index (χ1v) is 7.51. The minimum absolute atomic E-state index is 0.695. The third-order valence-electron chi connectivity index (χ3n) is 3.35. The Bertz CT molecular complexity index is 782. The Kier molecular flexibility index (Phi) is 3.76. The van der Waals surface area contributed by atoms with Crippen LogP contribution < -0.4 is 11.3 Å². The second-order valence-electron chi connectivity index (χ2n) is 4.71. The Morgan fingerprint density at radius 2 is 2.10 bits per heavy atom. The molecule has 3 N–H and O–H groups in total. The topological polar surface area (TPSA) is 81.7 Å². The van der Waals surface area contributed by atoms with E-state index in [4.69, 9.17) is 5.84 Å². The number of hydrogen-bond donors (Lipinski definition) is 2. The number of anilines is 1. The van der Waals surface area contributed by atoms with E-state index < -0.39 is 0 Å². The Morgan fingerprint density at radius 3 is 2.81 bits per heavy atom. The highest BCUT2D eigenvalue weighted by Crippen LogP contribution is 2.27. The number of hydrogen-bond acceptors (Lipinski definition) is 6. The lowest BCUT2D eigenvalue weighted by atomic mass is 10.1. The minimum atomic E-state index is 0.695. The molecule has 0 radical (unpaired) electrons. The van der Waals surface area contributed by atoms with Crippen LogP contribution in [0.3, 0.4) is 0 Å². The highest BCUT2D eigenvalue weighted by molar-refractivity contribution is 7.98. The van der Waals surface area contributed by atoms with Crippen LogP contribution in [0.1, 0.15) is 11.4 Å². The van der Waals surface area contributed by atoms with Gasteiger partial charge in [0.2, 0.25) is 0 Å². The van der Waals surface area contributed by atoms with Gasteiger partial charge in [-0.1, -0.05) is 30.0 Å². The van der Waals surface area contributed by atoms with Gasteiger partial charge in [-0.25, -0.2) is 10.8 Å². The number of nitrogens with two attached hydrogens (primary N) is 1. The van der Waals surface area contributed by atoms with Gasteiger partial charge < -0.3 is 9.99 Å². The molecule has 0 amide bonds. The molecule has 0 fully saturated rings. The Hall–Kier alpha value is -2.12. The van der Waals surface area contributed by atoms with E-state index >= 15 is 0 Å². The van der Waals surface area contributed by atoms with Gasteiger partial charge in [0.15, 0.2) is 5.16 Å². The van der Waals surface area contributed by atoms with Crippen molar-refractivity contribution in [2.45, 2.75) is 17.8 Å². The third-order valence-corrected chi connectivity index (χ3v) is 4.42. The molecule has 0 unspecified atom stereocenters. The summed E-state index contributed by atoms with van der Waals surface area (Å²) in [6.07, 6.45) is 0. The van der Waals surface area contributed by atoms with Crippen LogP contribution >= 0.6 is 11.8 Å². The van der Waals surface area contributed by atoms with Gasteiger partial charge in [-0.15, -0.1) is 10.2 Å². The molecular formula is C14H16N6S. The zero-order chi connectivity index (χ0) is 14.8. The SMILES string of the molecule is Cc1nnc(SCc2cc3ccccc3nc2NN)n1C. The van der Waals surface area contributed by atoms with E-state index in [0.29, 0.717) is 5.82 Å². The molecule has 6 nitrogen and oxygen atoms in total. The zero-order valence-corrected chi connectivity index (χ0v) is 12.7. The largest absolute Gasteiger partial charge is 0.309 e. The Morgan fingerprint density at radius 1 is 1.29 bits per heavy atom. The van der Waals surface area contributed by atoms with Crippen molar-refractivity contribution in [2.75, 3.05) is 5.43 Å². The van der Waals surface area contributed by atoms with E-state index in [1.807, 2.05) is 42.8 Å². The molecule has 0 aliphatic heterocycles. The van der Waals surface area contributed by atoms with Gasteiger partial charge in [0.1, 0.15) is 11.6 Å².